The molecule has 1 unspecified atom stereocenters. The van der Waals surface area contributed by atoms with E-state index in [4.69, 9.17) is 25.7 Å². The molecular weight excluding hydrogens is 726 g/mol. The topological polar surface area (TPSA) is 121 Å². The minimum Gasteiger partial charge on any atom is -0.479 e. The van der Waals surface area contributed by atoms with Gasteiger partial charge in [-0.2, -0.15) is 0 Å². The Kier molecular flexibility index (Phi) is 10.0. The molecule has 56 heavy (non-hydrogen) atoms. The Hall–Kier alpha value is -4.32. The maximum absolute atomic E-state index is 13.2. The fourth-order valence-corrected chi connectivity index (χ4v) is 8.84. The van der Waals surface area contributed by atoms with Crippen LogP contribution in [0.2, 0.25) is 5.15 Å². The van der Waals surface area contributed by atoms with Crippen molar-refractivity contribution in [3.63, 3.8) is 0 Å². The number of fused-ring (bicyclic) bond motifs is 4. The summed E-state index contributed by atoms with van der Waals surface area (Å²) >= 11 is 7.23. The summed E-state index contributed by atoms with van der Waals surface area (Å²) in [6.45, 7) is 20.4. The van der Waals surface area contributed by atoms with Gasteiger partial charge in [0.15, 0.2) is 17.5 Å². The lowest BCUT2D eigenvalue weighted by Crippen LogP contribution is -2.40. The molecule has 8 rings (SSSR count). The molecule has 1 N–H and O–H groups in total. The molecule has 296 valence electrons. The van der Waals surface area contributed by atoms with Crippen LogP contribution in [-0.2, 0) is 29.0 Å². The number of carbonyl (C=O) groups is 1. The summed E-state index contributed by atoms with van der Waals surface area (Å²) in [6.07, 6.45) is 6.95. The van der Waals surface area contributed by atoms with Gasteiger partial charge >= 0.3 is 5.97 Å². The van der Waals surface area contributed by atoms with Crippen molar-refractivity contribution in [1.82, 2.24) is 24.8 Å². The number of likely N-dealkylation sites (tertiary alicyclic amines) is 1. The first-order chi connectivity index (χ1) is 26.6. The first-order valence-electron chi connectivity index (χ1n) is 20.0. The highest BCUT2D eigenvalue weighted by atomic mass is 35.5. The predicted octanol–water partition coefficient (Wildman–Crippen LogP) is 9.24. The van der Waals surface area contributed by atoms with E-state index in [1.807, 2.05) is 32.9 Å². The Balaban J connectivity index is 1.24. The minimum atomic E-state index is -1.30. The van der Waals surface area contributed by atoms with Crippen molar-refractivity contribution in [2.75, 3.05) is 42.5 Å². The highest BCUT2D eigenvalue weighted by molar-refractivity contribution is 6.31. The van der Waals surface area contributed by atoms with Crippen LogP contribution in [0.15, 0.2) is 47.3 Å². The van der Waals surface area contributed by atoms with Crippen LogP contribution in [0.4, 0.5) is 11.5 Å². The highest BCUT2D eigenvalue weighted by Crippen LogP contribution is 2.47. The predicted molar refractivity (Wildman–Crippen MR) is 221 cm³/mol. The Morgan fingerprint density at radius 3 is 2.36 bits per heavy atom. The van der Waals surface area contributed by atoms with Crippen LogP contribution in [0.25, 0.3) is 33.3 Å². The molecule has 0 spiro atoms. The van der Waals surface area contributed by atoms with E-state index < -0.39 is 17.7 Å². The maximum atomic E-state index is 13.2. The largest absolute Gasteiger partial charge is 0.479 e. The van der Waals surface area contributed by atoms with Crippen LogP contribution in [0.5, 0.6) is 0 Å². The number of pyridine rings is 2. The summed E-state index contributed by atoms with van der Waals surface area (Å²) in [6, 6.07) is 10.5. The smallest absolute Gasteiger partial charge is 0.337 e. The van der Waals surface area contributed by atoms with Gasteiger partial charge in [-0.15, -0.1) is 0 Å². The fraction of sp³-hybridized carbons (Fsp3) is 0.523. The van der Waals surface area contributed by atoms with E-state index >= 15 is 0 Å². The number of hydrogen-bond donors (Lipinski definition) is 1. The van der Waals surface area contributed by atoms with Crippen LogP contribution in [0.3, 0.4) is 0 Å². The SMILES string of the molecule is CC1(C)CCN(Cc2nc(Cl)c(C(OC(C)(C)C)C(=O)O)c(N3CCC(C)(C)CC3)c2-c2ccc3c(c2)CCN(c2ncnc4c2oc2ncccc24)C3)CC1. The molecule has 0 saturated carbocycles. The van der Waals surface area contributed by atoms with Crippen molar-refractivity contribution >= 4 is 51.3 Å². The molecule has 3 aliphatic rings. The number of halogens is 1. The van der Waals surface area contributed by atoms with E-state index in [1.165, 1.54) is 11.1 Å². The Labute approximate surface area is 334 Å². The molecule has 0 bridgehead atoms. The second-order valence-corrected chi connectivity index (χ2v) is 18.9. The number of carboxylic acids is 1. The second-order valence-electron chi connectivity index (χ2n) is 18.5. The van der Waals surface area contributed by atoms with Gasteiger partial charge in [-0.1, -0.05) is 57.5 Å². The lowest BCUT2D eigenvalue weighted by atomic mass is 9.81. The van der Waals surface area contributed by atoms with Crippen LogP contribution < -0.4 is 9.80 Å². The second kappa shape index (κ2) is 14.6. The molecule has 0 radical (unpaired) electrons. The lowest BCUT2D eigenvalue weighted by molar-refractivity contribution is -0.160. The van der Waals surface area contributed by atoms with E-state index in [0.29, 0.717) is 35.4 Å². The van der Waals surface area contributed by atoms with Crippen molar-refractivity contribution < 1.29 is 19.1 Å². The number of hydrogen-bond acceptors (Lipinski definition) is 10. The zero-order chi connectivity index (χ0) is 39.6. The van der Waals surface area contributed by atoms with E-state index in [2.05, 4.69) is 75.5 Å². The fourth-order valence-electron chi connectivity index (χ4n) is 8.55. The number of aromatic nitrogens is 4. The van der Waals surface area contributed by atoms with Gasteiger partial charge in [0.1, 0.15) is 17.0 Å². The van der Waals surface area contributed by atoms with Gasteiger partial charge in [0.25, 0.3) is 0 Å². The molecule has 0 amide bonds. The Morgan fingerprint density at radius 1 is 0.946 bits per heavy atom. The summed E-state index contributed by atoms with van der Waals surface area (Å²) in [5, 5.41) is 11.9. The van der Waals surface area contributed by atoms with Gasteiger partial charge in [0, 0.05) is 44.5 Å². The number of furan rings is 1. The quantitative estimate of drug-likeness (QED) is 0.152. The molecule has 2 saturated heterocycles. The van der Waals surface area contributed by atoms with Crippen molar-refractivity contribution in [1.29, 1.82) is 0 Å². The molecule has 5 aromatic rings. The average molecular weight is 780 g/mol. The molecular formula is C44H54ClN7O4. The number of carboxylic acid groups (broad SMARTS) is 1. The molecule has 3 aliphatic heterocycles. The lowest BCUT2D eigenvalue weighted by Gasteiger charge is -2.41. The van der Waals surface area contributed by atoms with Crippen LogP contribution >= 0.6 is 11.6 Å². The number of benzene rings is 1. The molecule has 2 fully saturated rings. The third-order valence-corrected chi connectivity index (χ3v) is 12.3. The monoisotopic (exact) mass is 779 g/mol. The van der Waals surface area contributed by atoms with Crippen molar-refractivity contribution in [2.24, 2.45) is 10.8 Å². The zero-order valence-corrected chi connectivity index (χ0v) is 34.5. The maximum Gasteiger partial charge on any atom is 0.337 e. The highest BCUT2D eigenvalue weighted by Gasteiger charge is 2.38. The third kappa shape index (κ3) is 7.70. The van der Waals surface area contributed by atoms with E-state index in [-0.39, 0.29) is 10.6 Å². The molecule has 4 aromatic heterocycles. The molecule has 7 heterocycles. The summed E-state index contributed by atoms with van der Waals surface area (Å²) < 4.78 is 12.6. The zero-order valence-electron chi connectivity index (χ0n) is 33.8. The Morgan fingerprint density at radius 2 is 1.66 bits per heavy atom. The molecule has 12 heteroatoms. The van der Waals surface area contributed by atoms with Gasteiger partial charge in [0.2, 0.25) is 5.71 Å². The first-order valence-corrected chi connectivity index (χ1v) is 20.4. The van der Waals surface area contributed by atoms with E-state index in [9.17, 15) is 9.90 Å². The number of aliphatic carboxylic acids is 1. The Bertz CT molecular complexity index is 2280. The number of ether oxygens (including phenoxy) is 1. The van der Waals surface area contributed by atoms with E-state index in [0.717, 1.165) is 104 Å². The normalized spacial score (nSPS) is 19.4. The number of nitrogens with zero attached hydrogens (tertiary/aromatic N) is 7. The van der Waals surface area contributed by atoms with Crippen LogP contribution in [0, 0.1) is 10.8 Å². The minimum absolute atomic E-state index is 0.178. The van der Waals surface area contributed by atoms with Gasteiger partial charge in [0.05, 0.1) is 27.9 Å². The first kappa shape index (κ1) is 38.5. The average Bonchev–Trinajstić information content (AvgIpc) is 3.53. The van der Waals surface area contributed by atoms with Gasteiger partial charge in [-0.25, -0.2) is 24.7 Å². The van der Waals surface area contributed by atoms with E-state index in [1.54, 1.807) is 12.5 Å². The summed E-state index contributed by atoms with van der Waals surface area (Å²) in [5.41, 5.74) is 8.25. The standard InChI is InChI=1S/C44H54ClN7O4/c1-42(2,3)56-36(41(53)54)33-35(51-21-15-44(6,7)16-22-51)32(31(49-38(33)45)25-50-19-13-43(4,5)14-20-50)28-10-11-29-24-52(18-12-27(29)23-28)39-37-34(47-26-48-39)30-9-8-17-46-40(30)55-37/h8-11,17,23,26,36H,12-16,18-22,24-25H2,1-7H3,(H,53,54). The van der Waals surface area contributed by atoms with Crippen LogP contribution in [0.1, 0.15) is 103 Å². The molecule has 0 aliphatic carbocycles. The van der Waals surface area contributed by atoms with Crippen molar-refractivity contribution in [2.45, 2.75) is 105 Å². The summed E-state index contributed by atoms with van der Waals surface area (Å²) in [7, 11) is 0. The molecule has 1 aromatic carbocycles. The summed E-state index contributed by atoms with van der Waals surface area (Å²) in [4.78, 5) is 39.0. The van der Waals surface area contributed by atoms with Gasteiger partial charge < -0.3 is 24.1 Å². The molecule has 1 atom stereocenters. The number of piperidine rings is 2. The third-order valence-electron chi connectivity index (χ3n) is 12.0. The van der Waals surface area contributed by atoms with Crippen molar-refractivity contribution in [3.8, 4) is 11.1 Å². The summed E-state index contributed by atoms with van der Waals surface area (Å²) in [5.74, 6) is -0.320. The number of anilines is 2. The van der Waals surface area contributed by atoms with Crippen LogP contribution in [-0.4, -0.2) is 74.2 Å². The van der Waals surface area contributed by atoms with Crippen molar-refractivity contribution in [3.05, 3.63) is 70.4 Å². The number of rotatable bonds is 8. The molecule has 11 nitrogen and oxygen atoms in total. The van der Waals surface area contributed by atoms with Gasteiger partial charge in [-0.3, -0.25) is 4.90 Å². The van der Waals surface area contributed by atoms with Gasteiger partial charge in [-0.05, 0) is 106 Å².